The number of nitrogens with one attached hydrogen (secondary N) is 1. The molecule has 0 amide bonds. The minimum atomic E-state index is -0.255. The van der Waals surface area contributed by atoms with Crippen molar-refractivity contribution >= 4 is 22.4 Å². The van der Waals surface area contributed by atoms with E-state index in [1.807, 2.05) is 32.2 Å². The molecule has 2 atom stereocenters. The van der Waals surface area contributed by atoms with Gasteiger partial charge in [0.1, 0.15) is 11.6 Å². The molecule has 0 bridgehead atoms. The summed E-state index contributed by atoms with van der Waals surface area (Å²) in [6, 6.07) is 7.69. The second kappa shape index (κ2) is 8.60. The molecule has 5 rings (SSSR count). The van der Waals surface area contributed by atoms with Gasteiger partial charge in [-0.05, 0) is 32.4 Å². The van der Waals surface area contributed by atoms with Crippen LogP contribution in [-0.2, 0) is 4.74 Å². The van der Waals surface area contributed by atoms with Gasteiger partial charge in [0.15, 0.2) is 5.82 Å². The summed E-state index contributed by atoms with van der Waals surface area (Å²) in [5, 5.41) is 14.0. The lowest BCUT2D eigenvalue weighted by Crippen LogP contribution is -2.58. The van der Waals surface area contributed by atoms with E-state index in [0.717, 1.165) is 61.7 Å². The maximum atomic E-state index is 14.7. The van der Waals surface area contributed by atoms with Crippen LogP contribution in [0.15, 0.2) is 30.5 Å². The highest BCUT2D eigenvalue weighted by atomic mass is 19.1. The summed E-state index contributed by atoms with van der Waals surface area (Å²) in [5.74, 6) is 1.38. The Morgan fingerprint density at radius 2 is 2.03 bits per heavy atom. The van der Waals surface area contributed by atoms with Gasteiger partial charge in [-0.3, -0.25) is 4.90 Å². The number of halogens is 1. The Morgan fingerprint density at radius 3 is 2.91 bits per heavy atom. The molecule has 0 saturated carbocycles. The van der Waals surface area contributed by atoms with E-state index < -0.39 is 0 Å². The van der Waals surface area contributed by atoms with E-state index in [1.54, 1.807) is 13.0 Å². The Labute approximate surface area is 187 Å². The van der Waals surface area contributed by atoms with Gasteiger partial charge in [-0.15, -0.1) is 5.10 Å². The molecule has 168 valence electrons. The van der Waals surface area contributed by atoms with Gasteiger partial charge in [-0.2, -0.15) is 5.10 Å². The van der Waals surface area contributed by atoms with Gasteiger partial charge in [-0.1, -0.05) is 18.2 Å². The van der Waals surface area contributed by atoms with Crippen LogP contribution >= 0.6 is 0 Å². The fraction of sp³-hybridized carbons (Fsp3) is 0.458. The third-order valence-corrected chi connectivity index (χ3v) is 6.64. The number of rotatable bonds is 4. The van der Waals surface area contributed by atoms with E-state index in [1.165, 1.54) is 0 Å². The topological polar surface area (TPSA) is 66.4 Å². The lowest BCUT2D eigenvalue weighted by Gasteiger charge is -2.44. The Kier molecular flexibility index (Phi) is 5.65. The Hall–Kier alpha value is -2.84. The predicted octanol–water partition coefficient (Wildman–Crippen LogP) is 3.47. The first-order valence-electron chi connectivity index (χ1n) is 11.2. The molecule has 0 radical (unpaired) electrons. The molecule has 2 aliphatic rings. The van der Waals surface area contributed by atoms with Crippen molar-refractivity contribution < 1.29 is 9.13 Å². The molecule has 3 aromatic rings. The summed E-state index contributed by atoms with van der Waals surface area (Å²) in [5.41, 5.74) is 2.07. The number of hydrogen-bond donors (Lipinski definition) is 1. The first kappa shape index (κ1) is 21.0. The number of aromatic nitrogens is 3. The summed E-state index contributed by atoms with van der Waals surface area (Å²) < 4.78 is 20.4. The van der Waals surface area contributed by atoms with E-state index in [2.05, 4.69) is 31.4 Å². The quantitative estimate of drug-likeness (QED) is 0.672. The smallest absolute Gasteiger partial charge is 0.157 e. The molecule has 1 aromatic carbocycles. The summed E-state index contributed by atoms with van der Waals surface area (Å²) in [4.78, 5) is 9.56. The minimum Gasteiger partial charge on any atom is -0.378 e. The van der Waals surface area contributed by atoms with Gasteiger partial charge in [-0.25, -0.2) is 9.37 Å². The molecule has 0 aliphatic carbocycles. The summed E-state index contributed by atoms with van der Waals surface area (Å²) in [6.45, 7) is 11.1. The highest BCUT2D eigenvalue weighted by Crippen LogP contribution is 2.30. The van der Waals surface area contributed by atoms with Crippen molar-refractivity contribution in [2.75, 3.05) is 49.6 Å². The van der Waals surface area contributed by atoms with Crippen LogP contribution in [0.5, 0.6) is 0 Å². The first-order chi connectivity index (χ1) is 15.5. The van der Waals surface area contributed by atoms with Crippen LogP contribution in [0, 0.1) is 19.7 Å². The number of ether oxygens (including phenoxy) is 1. The second-order valence-electron chi connectivity index (χ2n) is 8.78. The van der Waals surface area contributed by atoms with Crippen LogP contribution in [0.25, 0.3) is 10.8 Å². The number of morpholine rings is 1. The van der Waals surface area contributed by atoms with Crippen molar-refractivity contribution in [3.63, 3.8) is 0 Å². The van der Waals surface area contributed by atoms with Crippen molar-refractivity contribution in [3.8, 4) is 0 Å². The van der Waals surface area contributed by atoms with Crippen LogP contribution in [0.4, 0.5) is 16.0 Å². The van der Waals surface area contributed by atoms with Crippen LogP contribution in [-0.4, -0.2) is 65.5 Å². The van der Waals surface area contributed by atoms with Crippen molar-refractivity contribution in [3.05, 3.63) is 53.1 Å². The monoisotopic (exact) mass is 436 g/mol. The standard InChI is InChI=1S/C24H29FN6O/c1-15-5-4-6-19(23(15)25)16(2)27-24-20-11-22(26-12-21(20)17(3)28-29-24)31-8-7-30-9-10-32-14-18(30)13-31/h4-6,11-12,16,18H,7-10,13-14H2,1-3H3,(H,27,29)/t16-,18+/m1/s1. The number of benzene rings is 1. The number of fused-ring (bicyclic) bond motifs is 2. The fourth-order valence-corrected chi connectivity index (χ4v) is 4.68. The zero-order chi connectivity index (χ0) is 22.2. The van der Waals surface area contributed by atoms with Gasteiger partial charge in [0.25, 0.3) is 0 Å². The van der Waals surface area contributed by atoms with Gasteiger partial charge >= 0.3 is 0 Å². The zero-order valence-electron chi connectivity index (χ0n) is 18.8. The molecular weight excluding hydrogens is 407 g/mol. The molecule has 8 heteroatoms. The number of piperazine rings is 1. The lowest BCUT2D eigenvalue weighted by molar-refractivity contribution is -0.0117. The molecule has 0 unspecified atom stereocenters. The maximum Gasteiger partial charge on any atom is 0.157 e. The normalized spacial score (nSPS) is 20.2. The third-order valence-electron chi connectivity index (χ3n) is 6.64. The Morgan fingerprint density at radius 1 is 1.16 bits per heavy atom. The van der Waals surface area contributed by atoms with E-state index in [9.17, 15) is 4.39 Å². The summed E-state index contributed by atoms with van der Waals surface area (Å²) in [7, 11) is 0. The number of hydrogen-bond acceptors (Lipinski definition) is 7. The highest BCUT2D eigenvalue weighted by molar-refractivity contribution is 5.94. The average molecular weight is 437 g/mol. The number of aryl methyl sites for hydroxylation is 2. The van der Waals surface area contributed by atoms with E-state index in [4.69, 9.17) is 9.72 Å². The number of anilines is 2. The SMILES string of the molecule is Cc1cccc([C@@H](C)Nc2nnc(C)c3cnc(N4CCN5CCOC[C@@H]5C4)cc23)c1F. The number of pyridine rings is 1. The lowest BCUT2D eigenvalue weighted by atomic mass is 10.0. The van der Waals surface area contributed by atoms with Crippen LogP contribution in [0.2, 0.25) is 0 Å². The van der Waals surface area contributed by atoms with Gasteiger partial charge < -0.3 is 15.0 Å². The molecule has 2 aromatic heterocycles. The molecule has 32 heavy (non-hydrogen) atoms. The molecule has 0 spiro atoms. The molecule has 7 nitrogen and oxygen atoms in total. The van der Waals surface area contributed by atoms with Crippen molar-refractivity contribution in [1.29, 1.82) is 0 Å². The summed E-state index contributed by atoms with van der Waals surface area (Å²) in [6.07, 6.45) is 1.88. The van der Waals surface area contributed by atoms with Crippen LogP contribution in [0.1, 0.15) is 29.8 Å². The molecule has 2 saturated heterocycles. The molecule has 4 heterocycles. The largest absolute Gasteiger partial charge is 0.378 e. The van der Waals surface area contributed by atoms with Crippen LogP contribution < -0.4 is 10.2 Å². The van der Waals surface area contributed by atoms with Gasteiger partial charge in [0, 0.05) is 48.7 Å². The molecule has 1 N–H and O–H groups in total. The molecule has 2 aliphatic heterocycles. The Balaban J connectivity index is 1.46. The van der Waals surface area contributed by atoms with Crippen molar-refractivity contribution in [1.82, 2.24) is 20.1 Å². The van der Waals surface area contributed by atoms with E-state index >= 15 is 0 Å². The maximum absolute atomic E-state index is 14.7. The van der Waals surface area contributed by atoms with Crippen LogP contribution in [0.3, 0.4) is 0 Å². The highest BCUT2D eigenvalue weighted by Gasteiger charge is 2.30. The van der Waals surface area contributed by atoms with E-state index in [-0.39, 0.29) is 11.9 Å². The second-order valence-corrected chi connectivity index (χ2v) is 8.78. The minimum absolute atomic E-state index is 0.188. The van der Waals surface area contributed by atoms with Crippen molar-refractivity contribution in [2.45, 2.75) is 32.9 Å². The predicted molar refractivity (Wildman–Crippen MR) is 124 cm³/mol. The van der Waals surface area contributed by atoms with Gasteiger partial charge in [0.05, 0.1) is 31.0 Å². The first-order valence-corrected chi connectivity index (χ1v) is 11.2. The van der Waals surface area contributed by atoms with Gasteiger partial charge in [0.2, 0.25) is 0 Å². The summed E-state index contributed by atoms with van der Waals surface area (Å²) >= 11 is 0. The zero-order valence-corrected chi connectivity index (χ0v) is 18.8. The third kappa shape index (κ3) is 3.89. The fourth-order valence-electron chi connectivity index (χ4n) is 4.68. The molecular formula is C24H29FN6O. The number of nitrogens with zero attached hydrogens (tertiary/aromatic N) is 5. The molecule has 2 fully saturated rings. The van der Waals surface area contributed by atoms with Crippen molar-refractivity contribution in [2.24, 2.45) is 0 Å². The van der Waals surface area contributed by atoms with E-state index in [0.29, 0.717) is 23.0 Å². The Bertz CT molecular complexity index is 1140. The average Bonchev–Trinajstić information content (AvgIpc) is 2.82.